The van der Waals surface area contributed by atoms with E-state index >= 15 is 0 Å². The fourth-order valence-electron chi connectivity index (χ4n) is 3.09. The van der Waals surface area contributed by atoms with Crippen molar-refractivity contribution in [2.45, 2.75) is 19.6 Å². The van der Waals surface area contributed by atoms with E-state index in [1.807, 2.05) is 0 Å². The van der Waals surface area contributed by atoms with Gasteiger partial charge in [0.15, 0.2) is 11.6 Å². The Morgan fingerprint density at radius 3 is 2.50 bits per heavy atom. The van der Waals surface area contributed by atoms with Gasteiger partial charge in [-0.15, -0.1) is 0 Å². The third-order valence-electron chi connectivity index (χ3n) is 4.58. The Bertz CT molecular complexity index is 950. The molecule has 0 aliphatic carbocycles. The lowest BCUT2D eigenvalue weighted by Crippen LogP contribution is -2.28. The highest BCUT2D eigenvalue weighted by Gasteiger charge is 2.35. The molecule has 3 rings (SSSR count). The van der Waals surface area contributed by atoms with Gasteiger partial charge in [-0.1, -0.05) is 18.2 Å². The molecule has 28 heavy (non-hydrogen) atoms. The number of methoxy groups -OCH3 is 1. The van der Waals surface area contributed by atoms with Crippen molar-refractivity contribution in [2.24, 2.45) is 4.99 Å². The van der Waals surface area contributed by atoms with Gasteiger partial charge in [0.2, 0.25) is 0 Å². The highest BCUT2D eigenvalue weighted by atomic mass is 19.4. The van der Waals surface area contributed by atoms with Gasteiger partial charge < -0.3 is 9.64 Å². The lowest BCUT2D eigenvalue weighted by Gasteiger charge is -2.30. The van der Waals surface area contributed by atoms with Crippen LogP contribution in [0.4, 0.5) is 22.0 Å². The molecule has 0 aromatic heterocycles. The first-order valence-electron chi connectivity index (χ1n) is 8.37. The van der Waals surface area contributed by atoms with Crippen LogP contribution in [0.5, 0.6) is 5.75 Å². The molecule has 3 nitrogen and oxygen atoms in total. The van der Waals surface area contributed by atoms with Gasteiger partial charge in [0, 0.05) is 35.2 Å². The number of benzene rings is 2. The summed E-state index contributed by atoms with van der Waals surface area (Å²) in [4.78, 5) is 5.59. The number of aliphatic imine (C=N–C) groups is 1. The molecule has 0 N–H and O–H groups in total. The Morgan fingerprint density at radius 2 is 1.82 bits per heavy atom. The minimum absolute atomic E-state index is 0.0343. The maximum absolute atomic E-state index is 14.6. The van der Waals surface area contributed by atoms with Crippen molar-refractivity contribution in [1.29, 1.82) is 0 Å². The van der Waals surface area contributed by atoms with Crippen LogP contribution in [0.3, 0.4) is 0 Å². The summed E-state index contributed by atoms with van der Waals surface area (Å²) in [5.74, 6) is -1.52. The second-order valence-corrected chi connectivity index (χ2v) is 6.24. The molecule has 0 amide bonds. The fourth-order valence-corrected chi connectivity index (χ4v) is 3.09. The molecular formula is C20H17F5N2O. The van der Waals surface area contributed by atoms with Crippen molar-refractivity contribution in [3.8, 4) is 5.75 Å². The third kappa shape index (κ3) is 3.72. The van der Waals surface area contributed by atoms with Crippen LogP contribution >= 0.6 is 0 Å². The van der Waals surface area contributed by atoms with Crippen molar-refractivity contribution in [2.75, 3.05) is 13.8 Å². The first kappa shape index (κ1) is 19.9. The SMILES string of the molecule is COc1cccc(C2=C(C)N(Cc3c(F)cccc3C(F)(F)F)CN=C2)c1F. The molecule has 1 aliphatic rings. The van der Waals surface area contributed by atoms with E-state index in [2.05, 4.69) is 4.99 Å². The van der Waals surface area contributed by atoms with E-state index in [-0.39, 0.29) is 24.5 Å². The molecule has 148 valence electrons. The Balaban J connectivity index is 2.02. The molecule has 0 atom stereocenters. The van der Waals surface area contributed by atoms with Crippen LogP contribution in [0.1, 0.15) is 23.6 Å². The van der Waals surface area contributed by atoms with E-state index < -0.39 is 28.9 Å². The number of halogens is 5. The normalized spacial score (nSPS) is 14.6. The molecule has 0 radical (unpaired) electrons. The minimum atomic E-state index is -4.68. The van der Waals surface area contributed by atoms with Crippen molar-refractivity contribution in [3.05, 3.63) is 70.4 Å². The fraction of sp³-hybridized carbons (Fsp3) is 0.250. The maximum Gasteiger partial charge on any atom is 0.416 e. The molecule has 0 bridgehead atoms. The van der Waals surface area contributed by atoms with Gasteiger partial charge in [-0.05, 0) is 25.1 Å². The minimum Gasteiger partial charge on any atom is -0.494 e. The quantitative estimate of drug-likeness (QED) is 0.658. The predicted octanol–water partition coefficient (Wildman–Crippen LogP) is 5.27. The number of allylic oxidation sites excluding steroid dienone is 2. The van der Waals surface area contributed by atoms with Crippen LogP contribution in [0.25, 0.3) is 5.57 Å². The smallest absolute Gasteiger partial charge is 0.416 e. The summed E-state index contributed by atoms with van der Waals surface area (Å²) in [5.41, 5.74) is -0.429. The molecule has 2 aromatic rings. The molecule has 0 spiro atoms. The molecule has 2 aromatic carbocycles. The largest absolute Gasteiger partial charge is 0.494 e. The molecule has 0 saturated carbocycles. The summed E-state index contributed by atoms with van der Waals surface area (Å²) in [5, 5.41) is 0. The average Bonchev–Trinajstić information content (AvgIpc) is 2.64. The van der Waals surface area contributed by atoms with Gasteiger partial charge in [0.05, 0.1) is 12.7 Å². The standard InChI is InChI=1S/C20H17F5N2O/c1-12-14(13-5-3-8-18(28-2)19(13)22)9-26-11-27(12)10-15-16(20(23,24)25)6-4-7-17(15)21/h3-9H,10-11H2,1-2H3. The van der Waals surface area contributed by atoms with E-state index in [1.54, 1.807) is 13.0 Å². The molecule has 0 unspecified atom stereocenters. The zero-order chi connectivity index (χ0) is 20.5. The Labute approximate surface area is 158 Å². The summed E-state index contributed by atoms with van der Waals surface area (Å²) in [6, 6.07) is 7.43. The lowest BCUT2D eigenvalue weighted by atomic mass is 10.0. The van der Waals surface area contributed by atoms with Gasteiger partial charge >= 0.3 is 6.18 Å². The van der Waals surface area contributed by atoms with Crippen molar-refractivity contribution >= 4 is 11.8 Å². The Morgan fingerprint density at radius 1 is 1.11 bits per heavy atom. The van der Waals surface area contributed by atoms with Crippen LogP contribution in [0.2, 0.25) is 0 Å². The van der Waals surface area contributed by atoms with E-state index in [0.717, 1.165) is 18.2 Å². The van der Waals surface area contributed by atoms with Crippen LogP contribution in [-0.4, -0.2) is 24.9 Å². The van der Waals surface area contributed by atoms with Crippen LogP contribution < -0.4 is 4.74 Å². The number of alkyl halides is 3. The number of nitrogens with zero attached hydrogens (tertiary/aromatic N) is 2. The highest BCUT2D eigenvalue weighted by molar-refractivity contribution is 6.11. The Hall–Kier alpha value is -2.90. The van der Waals surface area contributed by atoms with Gasteiger partial charge in [-0.3, -0.25) is 4.99 Å². The predicted molar refractivity (Wildman–Crippen MR) is 95.9 cm³/mol. The van der Waals surface area contributed by atoms with Gasteiger partial charge in [0.1, 0.15) is 12.5 Å². The number of rotatable bonds is 4. The zero-order valence-electron chi connectivity index (χ0n) is 15.1. The lowest BCUT2D eigenvalue weighted by molar-refractivity contribution is -0.138. The summed E-state index contributed by atoms with van der Waals surface area (Å²) in [6.45, 7) is 1.32. The highest BCUT2D eigenvalue weighted by Crippen LogP contribution is 2.35. The monoisotopic (exact) mass is 396 g/mol. The summed E-state index contributed by atoms with van der Waals surface area (Å²) >= 11 is 0. The topological polar surface area (TPSA) is 24.8 Å². The van der Waals surface area contributed by atoms with Crippen LogP contribution in [0.15, 0.2) is 47.1 Å². The van der Waals surface area contributed by atoms with E-state index in [0.29, 0.717) is 11.3 Å². The van der Waals surface area contributed by atoms with Crippen molar-refractivity contribution < 1.29 is 26.7 Å². The summed E-state index contributed by atoms with van der Waals surface area (Å²) < 4.78 is 73.6. The zero-order valence-corrected chi connectivity index (χ0v) is 15.1. The number of hydrogen-bond donors (Lipinski definition) is 0. The molecule has 0 saturated heterocycles. The first-order chi connectivity index (χ1) is 13.2. The van der Waals surface area contributed by atoms with E-state index in [4.69, 9.17) is 4.74 Å². The number of ether oxygens (including phenoxy) is 1. The molecule has 8 heteroatoms. The van der Waals surface area contributed by atoms with E-state index in [1.165, 1.54) is 30.4 Å². The van der Waals surface area contributed by atoms with Crippen LogP contribution in [-0.2, 0) is 12.7 Å². The second-order valence-electron chi connectivity index (χ2n) is 6.24. The molecular weight excluding hydrogens is 379 g/mol. The van der Waals surface area contributed by atoms with Gasteiger partial charge in [-0.2, -0.15) is 13.2 Å². The Kier molecular flexibility index (Phi) is 5.40. The average molecular weight is 396 g/mol. The molecule has 0 fully saturated rings. The van der Waals surface area contributed by atoms with Crippen molar-refractivity contribution in [1.82, 2.24) is 4.90 Å². The number of hydrogen-bond acceptors (Lipinski definition) is 3. The van der Waals surface area contributed by atoms with Gasteiger partial charge in [-0.25, -0.2) is 8.78 Å². The maximum atomic E-state index is 14.6. The van der Waals surface area contributed by atoms with Crippen LogP contribution in [0, 0.1) is 11.6 Å². The second kappa shape index (κ2) is 7.61. The van der Waals surface area contributed by atoms with E-state index in [9.17, 15) is 22.0 Å². The van der Waals surface area contributed by atoms with Gasteiger partial charge in [0.25, 0.3) is 0 Å². The summed E-state index contributed by atoms with van der Waals surface area (Å²) in [6.07, 6.45) is -3.23. The van der Waals surface area contributed by atoms with Crippen molar-refractivity contribution in [3.63, 3.8) is 0 Å². The third-order valence-corrected chi connectivity index (χ3v) is 4.58. The summed E-state index contributed by atoms with van der Waals surface area (Å²) in [7, 11) is 1.33. The molecule has 1 heterocycles. The first-order valence-corrected chi connectivity index (χ1v) is 8.37. The molecule has 1 aliphatic heterocycles.